The van der Waals surface area contributed by atoms with Gasteiger partial charge in [-0.15, -0.1) is 11.3 Å². The molecule has 0 saturated carbocycles. The summed E-state index contributed by atoms with van der Waals surface area (Å²) in [5.41, 5.74) is 5.84. The van der Waals surface area contributed by atoms with Crippen LogP contribution in [0.5, 0.6) is 0 Å². The predicted octanol–water partition coefficient (Wildman–Crippen LogP) is 4.75. The number of rotatable bonds is 6. The molecule has 0 N–H and O–H groups in total. The van der Waals surface area contributed by atoms with E-state index < -0.39 is 0 Å². The highest BCUT2D eigenvalue weighted by Gasteiger charge is 2.20. The quantitative estimate of drug-likeness (QED) is 0.424. The molecule has 0 fully saturated rings. The summed E-state index contributed by atoms with van der Waals surface area (Å²) in [4.78, 5) is 18.2. The molecule has 1 aliphatic rings. The van der Waals surface area contributed by atoms with Crippen LogP contribution in [-0.4, -0.2) is 25.7 Å². The van der Waals surface area contributed by atoms with Crippen LogP contribution in [0.4, 0.5) is 0 Å². The number of carbonyl (C=O) groups is 1. The Kier molecular flexibility index (Phi) is 4.67. The van der Waals surface area contributed by atoms with E-state index in [0.29, 0.717) is 23.8 Å². The monoisotopic (exact) mass is 416 g/mol. The lowest BCUT2D eigenvalue weighted by atomic mass is 10.0. The van der Waals surface area contributed by atoms with Gasteiger partial charge in [0.1, 0.15) is 5.69 Å². The topological polar surface area (TPSA) is 73.8 Å². The van der Waals surface area contributed by atoms with E-state index in [-0.39, 0.29) is 5.78 Å². The number of ketones is 1. The third-order valence-corrected chi connectivity index (χ3v) is 6.23. The number of aryl methyl sites for hydroxylation is 3. The number of hydrogen-bond donors (Lipinski definition) is 0. The lowest BCUT2D eigenvalue weighted by Gasteiger charge is -2.04. The SMILES string of the molecule is Cc1noc(C2=Cc3cc(-c4cc(C(=O)CCc5cccs5)nn4C)ccc3C2)n1. The second kappa shape index (κ2) is 7.50. The van der Waals surface area contributed by atoms with Crippen molar-refractivity contribution in [3.05, 3.63) is 75.2 Å². The second-order valence-corrected chi connectivity index (χ2v) is 8.48. The molecule has 0 amide bonds. The van der Waals surface area contributed by atoms with Crippen molar-refractivity contribution in [3.8, 4) is 11.3 Å². The number of thiophene rings is 1. The Hall–Kier alpha value is -3.32. The fourth-order valence-corrected chi connectivity index (χ4v) is 4.46. The van der Waals surface area contributed by atoms with Crippen molar-refractivity contribution in [2.75, 3.05) is 0 Å². The van der Waals surface area contributed by atoms with Gasteiger partial charge in [-0.25, -0.2) is 0 Å². The van der Waals surface area contributed by atoms with Crippen LogP contribution in [0, 0.1) is 6.92 Å². The molecule has 1 aliphatic carbocycles. The van der Waals surface area contributed by atoms with Crippen molar-refractivity contribution in [3.63, 3.8) is 0 Å². The van der Waals surface area contributed by atoms with Crippen LogP contribution in [0.25, 0.3) is 22.9 Å². The molecule has 0 radical (unpaired) electrons. The maximum Gasteiger partial charge on any atom is 0.254 e. The highest BCUT2D eigenvalue weighted by molar-refractivity contribution is 7.09. The first-order valence-corrected chi connectivity index (χ1v) is 10.7. The first-order valence-electron chi connectivity index (χ1n) is 9.81. The summed E-state index contributed by atoms with van der Waals surface area (Å²) in [6.45, 7) is 1.81. The van der Waals surface area contributed by atoms with Gasteiger partial charge in [-0.1, -0.05) is 23.4 Å². The molecular weight excluding hydrogens is 396 g/mol. The molecule has 0 atom stereocenters. The van der Waals surface area contributed by atoms with Gasteiger partial charge in [-0.2, -0.15) is 10.1 Å². The lowest BCUT2D eigenvalue weighted by molar-refractivity contribution is 0.0977. The van der Waals surface area contributed by atoms with Crippen molar-refractivity contribution < 1.29 is 9.32 Å². The molecule has 7 heteroatoms. The van der Waals surface area contributed by atoms with Crippen molar-refractivity contribution in [2.24, 2.45) is 7.05 Å². The molecule has 0 saturated heterocycles. The average Bonchev–Trinajstić information content (AvgIpc) is 3.51. The van der Waals surface area contributed by atoms with E-state index in [9.17, 15) is 4.79 Å². The third-order valence-electron chi connectivity index (χ3n) is 5.30. The Bertz CT molecular complexity index is 1260. The van der Waals surface area contributed by atoms with Gasteiger partial charge in [0.2, 0.25) is 0 Å². The van der Waals surface area contributed by atoms with E-state index in [1.807, 2.05) is 31.5 Å². The van der Waals surface area contributed by atoms with Gasteiger partial charge in [0.05, 0.1) is 5.69 Å². The van der Waals surface area contributed by atoms with Crippen LogP contribution < -0.4 is 0 Å². The molecule has 6 nitrogen and oxygen atoms in total. The maximum atomic E-state index is 12.6. The van der Waals surface area contributed by atoms with Crippen molar-refractivity contribution in [2.45, 2.75) is 26.2 Å². The second-order valence-electron chi connectivity index (χ2n) is 7.45. The first-order chi connectivity index (χ1) is 14.6. The van der Waals surface area contributed by atoms with Gasteiger partial charge in [0.15, 0.2) is 11.6 Å². The van der Waals surface area contributed by atoms with E-state index in [4.69, 9.17) is 4.52 Å². The van der Waals surface area contributed by atoms with E-state index in [0.717, 1.165) is 35.2 Å². The molecule has 150 valence electrons. The van der Waals surface area contributed by atoms with Crippen molar-refractivity contribution >= 4 is 28.8 Å². The molecule has 4 aromatic rings. The summed E-state index contributed by atoms with van der Waals surface area (Å²) in [5.74, 6) is 1.28. The van der Waals surface area contributed by atoms with E-state index in [1.165, 1.54) is 10.4 Å². The average molecular weight is 417 g/mol. The van der Waals surface area contributed by atoms with E-state index in [2.05, 4.69) is 45.6 Å². The van der Waals surface area contributed by atoms with Gasteiger partial charge in [-0.05, 0) is 54.1 Å². The zero-order valence-electron chi connectivity index (χ0n) is 16.8. The lowest BCUT2D eigenvalue weighted by Crippen LogP contribution is -2.02. The predicted molar refractivity (Wildman–Crippen MR) is 116 cm³/mol. The number of Topliss-reactive ketones (excluding diaryl/α,β-unsaturated/α-hetero) is 1. The van der Waals surface area contributed by atoms with Gasteiger partial charge in [0, 0.05) is 35.9 Å². The van der Waals surface area contributed by atoms with Crippen LogP contribution in [0.1, 0.15) is 44.6 Å². The van der Waals surface area contributed by atoms with Crippen LogP contribution in [0.2, 0.25) is 0 Å². The summed E-state index contributed by atoms with van der Waals surface area (Å²) < 4.78 is 7.09. The van der Waals surface area contributed by atoms with Crippen LogP contribution in [0.15, 0.2) is 46.3 Å². The Morgan fingerprint density at radius 3 is 2.93 bits per heavy atom. The Morgan fingerprint density at radius 1 is 1.27 bits per heavy atom. The van der Waals surface area contributed by atoms with Gasteiger partial charge in [0.25, 0.3) is 5.89 Å². The smallest absolute Gasteiger partial charge is 0.254 e. The molecule has 3 heterocycles. The molecule has 0 aliphatic heterocycles. The van der Waals surface area contributed by atoms with Crippen LogP contribution in [-0.2, 0) is 19.9 Å². The molecule has 30 heavy (non-hydrogen) atoms. The van der Waals surface area contributed by atoms with E-state index >= 15 is 0 Å². The van der Waals surface area contributed by atoms with Gasteiger partial charge in [-0.3, -0.25) is 9.48 Å². The minimum absolute atomic E-state index is 0.0698. The summed E-state index contributed by atoms with van der Waals surface area (Å²) in [6.07, 6.45) is 4.09. The fraction of sp³-hybridized carbons (Fsp3) is 0.217. The van der Waals surface area contributed by atoms with E-state index in [1.54, 1.807) is 16.0 Å². The standard InChI is InChI=1S/C23H20N4O2S/c1-14-24-23(29-26-14)18-10-15-5-6-16(11-17(15)12-18)21-13-20(25-27(21)2)22(28)8-7-19-4-3-9-30-19/h3-6,9,11-13H,7-8,10H2,1-2H3. The Balaban J connectivity index is 1.38. The zero-order chi connectivity index (χ0) is 20.7. The van der Waals surface area contributed by atoms with Gasteiger partial charge < -0.3 is 4.52 Å². The molecule has 0 bridgehead atoms. The van der Waals surface area contributed by atoms with Crippen LogP contribution in [0.3, 0.4) is 0 Å². The molecular formula is C23H20N4O2S. The summed E-state index contributed by atoms with van der Waals surface area (Å²) in [6, 6.07) is 12.3. The van der Waals surface area contributed by atoms with Gasteiger partial charge >= 0.3 is 0 Å². The molecule has 0 unspecified atom stereocenters. The Labute approximate surface area is 177 Å². The summed E-state index contributed by atoms with van der Waals surface area (Å²) >= 11 is 1.68. The number of fused-ring (bicyclic) bond motifs is 1. The van der Waals surface area contributed by atoms with Crippen molar-refractivity contribution in [1.82, 2.24) is 19.9 Å². The third kappa shape index (κ3) is 3.52. The number of carbonyl (C=O) groups excluding carboxylic acids is 1. The summed E-state index contributed by atoms with van der Waals surface area (Å²) in [7, 11) is 1.88. The van der Waals surface area contributed by atoms with Crippen LogP contribution >= 0.6 is 11.3 Å². The maximum absolute atomic E-state index is 12.6. The number of allylic oxidation sites excluding steroid dienone is 1. The molecule has 1 aromatic carbocycles. The number of benzene rings is 1. The normalized spacial score (nSPS) is 12.8. The molecule has 0 spiro atoms. The highest BCUT2D eigenvalue weighted by Crippen LogP contribution is 2.34. The number of hydrogen-bond acceptors (Lipinski definition) is 6. The highest BCUT2D eigenvalue weighted by atomic mass is 32.1. The fourth-order valence-electron chi connectivity index (χ4n) is 3.75. The Morgan fingerprint density at radius 2 is 2.17 bits per heavy atom. The first kappa shape index (κ1) is 18.7. The minimum atomic E-state index is 0.0698. The minimum Gasteiger partial charge on any atom is -0.334 e. The molecule has 5 rings (SSSR count). The molecule has 3 aromatic heterocycles. The number of aromatic nitrogens is 4. The largest absolute Gasteiger partial charge is 0.334 e. The van der Waals surface area contributed by atoms with Crippen molar-refractivity contribution in [1.29, 1.82) is 0 Å². The summed E-state index contributed by atoms with van der Waals surface area (Å²) in [5, 5.41) is 10.4. The zero-order valence-corrected chi connectivity index (χ0v) is 17.6. The number of nitrogens with zero attached hydrogens (tertiary/aromatic N) is 4.